The molecule has 0 atom stereocenters. The maximum atomic E-state index is 13.3. The van der Waals surface area contributed by atoms with Crippen LogP contribution in [0.25, 0.3) is 0 Å². The summed E-state index contributed by atoms with van der Waals surface area (Å²) in [6.07, 6.45) is 1.54. The summed E-state index contributed by atoms with van der Waals surface area (Å²) in [6.45, 7) is 2.48. The molecule has 17 heavy (non-hydrogen) atoms. The van der Waals surface area contributed by atoms with Gasteiger partial charge in [0.1, 0.15) is 11.6 Å². The minimum atomic E-state index is -0.843. The number of unbranched alkanes of at least 4 members (excludes halogenated alkanes) is 1. The van der Waals surface area contributed by atoms with Crippen molar-refractivity contribution in [1.29, 1.82) is 0 Å². The molecule has 1 amide bonds. The number of carbonyl (C=O) groups is 1. The van der Waals surface area contributed by atoms with Crippen molar-refractivity contribution < 1.29 is 13.6 Å². The monoisotopic (exact) mass is 242 g/mol. The van der Waals surface area contributed by atoms with E-state index in [1.54, 1.807) is 0 Å². The zero-order chi connectivity index (χ0) is 12.8. The predicted octanol–water partition coefficient (Wildman–Crippen LogP) is 1.74. The minimum absolute atomic E-state index is 0.128. The van der Waals surface area contributed by atoms with Crippen LogP contribution in [0.2, 0.25) is 0 Å². The SMILES string of the molecule is Cc1cc(C(=O)NCCCCN)c(F)cc1F. The van der Waals surface area contributed by atoms with Gasteiger partial charge >= 0.3 is 0 Å². The van der Waals surface area contributed by atoms with E-state index < -0.39 is 17.5 Å². The van der Waals surface area contributed by atoms with E-state index in [0.29, 0.717) is 13.1 Å². The van der Waals surface area contributed by atoms with Gasteiger partial charge in [-0.2, -0.15) is 0 Å². The highest BCUT2D eigenvalue weighted by Crippen LogP contribution is 2.13. The van der Waals surface area contributed by atoms with Gasteiger partial charge in [-0.15, -0.1) is 0 Å². The number of nitrogens with two attached hydrogens (primary N) is 1. The molecule has 0 aliphatic carbocycles. The quantitative estimate of drug-likeness (QED) is 0.773. The summed E-state index contributed by atoms with van der Waals surface area (Å²) in [7, 11) is 0. The molecule has 0 unspecified atom stereocenters. The van der Waals surface area contributed by atoms with Crippen LogP contribution in [0.5, 0.6) is 0 Å². The third kappa shape index (κ3) is 3.78. The molecule has 0 spiro atoms. The van der Waals surface area contributed by atoms with E-state index in [0.717, 1.165) is 18.9 Å². The average molecular weight is 242 g/mol. The average Bonchev–Trinajstić information content (AvgIpc) is 2.29. The van der Waals surface area contributed by atoms with Gasteiger partial charge in [0.15, 0.2) is 0 Å². The number of hydrogen-bond acceptors (Lipinski definition) is 2. The molecule has 0 saturated heterocycles. The molecule has 0 bridgehead atoms. The van der Waals surface area contributed by atoms with Crippen molar-refractivity contribution in [2.45, 2.75) is 19.8 Å². The Bertz CT molecular complexity index is 408. The third-order valence-corrected chi connectivity index (χ3v) is 2.41. The highest BCUT2D eigenvalue weighted by atomic mass is 19.1. The molecule has 0 aliphatic rings. The number of nitrogens with one attached hydrogen (secondary N) is 1. The Morgan fingerprint density at radius 1 is 1.29 bits per heavy atom. The number of rotatable bonds is 5. The molecular formula is C12H16F2N2O. The fraction of sp³-hybridized carbons (Fsp3) is 0.417. The van der Waals surface area contributed by atoms with Crippen molar-refractivity contribution in [2.75, 3.05) is 13.1 Å². The fourth-order valence-electron chi connectivity index (χ4n) is 1.40. The third-order valence-electron chi connectivity index (χ3n) is 2.41. The first-order chi connectivity index (χ1) is 8.06. The van der Waals surface area contributed by atoms with Gasteiger partial charge in [-0.3, -0.25) is 4.79 Å². The first kappa shape index (κ1) is 13.6. The summed E-state index contributed by atoms with van der Waals surface area (Å²) in [5, 5.41) is 2.56. The summed E-state index contributed by atoms with van der Waals surface area (Å²) in [6, 6.07) is 1.94. The molecule has 0 aliphatic heterocycles. The van der Waals surface area contributed by atoms with E-state index in [1.165, 1.54) is 13.0 Å². The van der Waals surface area contributed by atoms with Crippen LogP contribution in [0.1, 0.15) is 28.8 Å². The van der Waals surface area contributed by atoms with Crippen LogP contribution in [-0.2, 0) is 0 Å². The summed E-state index contributed by atoms with van der Waals surface area (Å²) in [4.78, 5) is 11.6. The molecule has 5 heteroatoms. The van der Waals surface area contributed by atoms with Crippen molar-refractivity contribution in [3.05, 3.63) is 34.9 Å². The standard InChI is InChI=1S/C12H16F2N2O/c1-8-6-9(11(14)7-10(8)13)12(17)16-5-3-2-4-15/h6-7H,2-5,15H2,1H3,(H,16,17). The zero-order valence-electron chi connectivity index (χ0n) is 9.72. The lowest BCUT2D eigenvalue weighted by molar-refractivity contribution is 0.0949. The maximum Gasteiger partial charge on any atom is 0.254 e. The molecule has 1 rings (SSSR count). The second-order valence-corrected chi connectivity index (χ2v) is 3.83. The van der Waals surface area contributed by atoms with Gasteiger partial charge in [-0.1, -0.05) is 0 Å². The molecule has 3 nitrogen and oxygen atoms in total. The number of halogens is 2. The lowest BCUT2D eigenvalue weighted by atomic mass is 10.1. The Labute approximate surface area is 99.0 Å². The Balaban J connectivity index is 2.66. The van der Waals surface area contributed by atoms with Gasteiger partial charge in [-0.25, -0.2) is 8.78 Å². The summed E-state index contributed by atoms with van der Waals surface area (Å²) in [5.74, 6) is -2.02. The molecule has 94 valence electrons. The van der Waals surface area contributed by atoms with Crippen molar-refractivity contribution >= 4 is 5.91 Å². The van der Waals surface area contributed by atoms with Gasteiger partial charge in [0.05, 0.1) is 5.56 Å². The Hall–Kier alpha value is -1.49. The predicted molar refractivity (Wildman–Crippen MR) is 61.7 cm³/mol. The lowest BCUT2D eigenvalue weighted by Gasteiger charge is -2.07. The highest BCUT2D eigenvalue weighted by molar-refractivity contribution is 5.94. The zero-order valence-corrected chi connectivity index (χ0v) is 9.72. The topological polar surface area (TPSA) is 55.1 Å². The van der Waals surface area contributed by atoms with Crippen LogP contribution in [-0.4, -0.2) is 19.0 Å². The maximum absolute atomic E-state index is 13.3. The fourth-order valence-corrected chi connectivity index (χ4v) is 1.40. The Morgan fingerprint density at radius 3 is 2.65 bits per heavy atom. The number of carbonyl (C=O) groups excluding carboxylic acids is 1. The first-order valence-corrected chi connectivity index (χ1v) is 5.50. The van der Waals surface area contributed by atoms with Crippen molar-refractivity contribution in [3.8, 4) is 0 Å². The van der Waals surface area contributed by atoms with E-state index in [4.69, 9.17) is 5.73 Å². The first-order valence-electron chi connectivity index (χ1n) is 5.50. The van der Waals surface area contributed by atoms with Crippen LogP contribution in [0.3, 0.4) is 0 Å². The van der Waals surface area contributed by atoms with Crippen molar-refractivity contribution in [3.63, 3.8) is 0 Å². The van der Waals surface area contributed by atoms with E-state index in [1.807, 2.05) is 0 Å². The van der Waals surface area contributed by atoms with Gasteiger partial charge < -0.3 is 11.1 Å². The number of benzene rings is 1. The molecule has 0 radical (unpaired) electrons. The number of aryl methyl sites for hydroxylation is 1. The van der Waals surface area contributed by atoms with E-state index in [-0.39, 0.29) is 11.1 Å². The largest absolute Gasteiger partial charge is 0.352 e. The number of amides is 1. The molecule has 0 heterocycles. The normalized spacial score (nSPS) is 10.4. The van der Waals surface area contributed by atoms with Crippen LogP contribution in [0, 0.1) is 18.6 Å². The van der Waals surface area contributed by atoms with Gasteiger partial charge in [0, 0.05) is 12.6 Å². The molecule has 0 saturated carbocycles. The summed E-state index contributed by atoms with van der Waals surface area (Å²) >= 11 is 0. The molecular weight excluding hydrogens is 226 g/mol. The van der Waals surface area contributed by atoms with E-state index in [2.05, 4.69) is 5.32 Å². The molecule has 0 aromatic heterocycles. The summed E-state index contributed by atoms with van der Waals surface area (Å²) < 4.78 is 26.3. The van der Waals surface area contributed by atoms with Crippen molar-refractivity contribution in [1.82, 2.24) is 5.32 Å². The van der Waals surface area contributed by atoms with Crippen LogP contribution in [0.15, 0.2) is 12.1 Å². The van der Waals surface area contributed by atoms with Crippen LogP contribution in [0.4, 0.5) is 8.78 Å². The van der Waals surface area contributed by atoms with Crippen LogP contribution >= 0.6 is 0 Å². The Morgan fingerprint density at radius 2 is 2.00 bits per heavy atom. The molecule has 1 aromatic rings. The molecule has 3 N–H and O–H groups in total. The van der Waals surface area contributed by atoms with Gasteiger partial charge in [-0.05, 0) is 37.9 Å². The minimum Gasteiger partial charge on any atom is -0.352 e. The number of hydrogen-bond donors (Lipinski definition) is 2. The molecule has 0 fully saturated rings. The van der Waals surface area contributed by atoms with Crippen LogP contribution < -0.4 is 11.1 Å². The Kier molecular flexibility index (Phi) is 5.03. The lowest BCUT2D eigenvalue weighted by Crippen LogP contribution is -2.26. The smallest absolute Gasteiger partial charge is 0.254 e. The summed E-state index contributed by atoms with van der Waals surface area (Å²) in [5.41, 5.74) is 5.42. The van der Waals surface area contributed by atoms with Gasteiger partial charge in [0.2, 0.25) is 0 Å². The van der Waals surface area contributed by atoms with E-state index >= 15 is 0 Å². The van der Waals surface area contributed by atoms with Gasteiger partial charge in [0.25, 0.3) is 5.91 Å². The van der Waals surface area contributed by atoms with E-state index in [9.17, 15) is 13.6 Å². The molecule has 1 aromatic carbocycles. The van der Waals surface area contributed by atoms with Crippen molar-refractivity contribution in [2.24, 2.45) is 5.73 Å². The highest BCUT2D eigenvalue weighted by Gasteiger charge is 2.13. The second-order valence-electron chi connectivity index (χ2n) is 3.83. The second kappa shape index (κ2) is 6.30.